The van der Waals surface area contributed by atoms with Crippen LogP contribution in [0.3, 0.4) is 0 Å². The lowest BCUT2D eigenvalue weighted by molar-refractivity contribution is 0.359. The molecule has 0 aromatic carbocycles. The topological polar surface area (TPSA) is 62.6 Å². The molecule has 1 aliphatic rings. The number of aryl methyl sites for hydroxylation is 2. The number of furan rings is 1. The van der Waals surface area contributed by atoms with E-state index < -0.39 is 10.0 Å². The molecule has 2 rings (SSSR count). The van der Waals surface area contributed by atoms with E-state index in [0.717, 1.165) is 0 Å². The normalized spacial score (nSPS) is 17.8. The fourth-order valence-corrected chi connectivity index (χ4v) is 3.55. The maximum atomic E-state index is 12.3. The maximum absolute atomic E-state index is 12.3. The molecule has 1 fully saturated rings. The number of piperazine rings is 1. The molecule has 7 heteroatoms. The Bertz CT molecular complexity index is 478. The zero-order chi connectivity index (χ0) is 11.8. The molecule has 0 aliphatic carbocycles. The third-order valence-corrected chi connectivity index (χ3v) is 4.70. The summed E-state index contributed by atoms with van der Waals surface area (Å²) in [5, 5.41) is 3.13. The minimum absolute atomic E-state index is 0. The number of nitrogens with one attached hydrogen (secondary N) is 1. The van der Waals surface area contributed by atoms with Crippen LogP contribution in [-0.4, -0.2) is 38.9 Å². The van der Waals surface area contributed by atoms with Crippen LogP contribution in [0.4, 0.5) is 0 Å². The van der Waals surface area contributed by atoms with Crippen molar-refractivity contribution in [3.8, 4) is 0 Å². The zero-order valence-electron chi connectivity index (χ0n) is 9.89. The summed E-state index contributed by atoms with van der Waals surface area (Å²) < 4.78 is 31.3. The van der Waals surface area contributed by atoms with Crippen molar-refractivity contribution in [1.29, 1.82) is 0 Å². The second kappa shape index (κ2) is 5.39. The largest absolute Gasteiger partial charge is 0.465 e. The second-order valence-electron chi connectivity index (χ2n) is 3.93. The van der Waals surface area contributed by atoms with Gasteiger partial charge in [-0.1, -0.05) is 0 Å². The molecule has 1 aliphatic heterocycles. The molecule has 2 heterocycles. The van der Waals surface area contributed by atoms with Crippen molar-refractivity contribution in [2.24, 2.45) is 0 Å². The van der Waals surface area contributed by atoms with Gasteiger partial charge >= 0.3 is 0 Å². The summed E-state index contributed by atoms with van der Waals surface area (Å²) in [6.45, 7) is 5.88. The summed E-state index contributed by atoms with van der Waals surface area (Å²) in [7, 11) is -3.37. The van der Waals surface area contributed by atoms with Crippen LogP contribution in [0.2, 0.25) is 0 Å². The molecule has 1 aromatic rings. The molecule has 0 amide bonds. The number of sulfonamides is 1. The van der Waals surface area contributed by atoms with Crippen molar-refractivity contribution in [3.63, 3.8) is 0 Å². The van der Waals surface area contributed by atoms with Gasteiger partial charge < -0.3 is 9.73 Å². The van der Waals surface area contributed by atoms with Gasteiger partial charge in [0.15, 0.2) is 0 Å². The predicted molar refractivity (Wildman–Crippen MR) is 67.1 cm³/mol. The van der Waals surface area contributed by atoms with E-state index in [0.29, 0.717) is 42.6 Å². The van der Waals surface area contributed by atoms with Crippen molar-refractivity contribution in [1.82, 2.24) is 9.62 Å². The Morgan fingerprint density at radius 2 is 1.88 bits per heavy atom. The van der Waals surface area contributed by atoms with Crippen molar-refractivity contribution in [2.45, 2.75) is 18.7 Å². The Hall–Kier alpha value is -0.560. The molecule has 17 heavy (non-hydrogen) atoms. The second-order valence-corrected chi connectivity index (χ2v) is 5.84. The lowest BCUT2D eigenvalue weighted by Crippen LogP contribution is -2.46. The molecule has 98 valence electrons. The highest BCUT2D eigenvalue weighted by atomic mass is 35.5. The van der Waals surface area contributed by atoms with Crippen LogP contribution in [0.25, 0.3) is 0 Å². The summed E-state index contributed by atoms with van der Waals surface area (Å²) in [5.74, 6) is 1.10. The van der Waals surface area contributed by atoms with E-state index in [1.165, 1.54) is 4.31 Å². The molecule has 5 nitrogen and oxygen atoms in total. The van der Waals surface area contributed by atoms with Crippen molar-refractivity contribution in [3.05, 3.63) is 17.6 Å². The fraction of sp³-hybridized carbons (Fsp3) is 0.600. The van der Waals surface area contributed by atoms with Crippen LogP contribution in [-0.2, 0) is 10.0 Å². The summed E-state index contributed by atoms with van der Waals surface area (Å²) in [4.78, 5) is 0.298. The average Bonchev–Trinajstić information content (AvgIpc) is 2.60. The van der Waals surface area contributed by atoms with Crippen LogP contribution in [0, 0.1) is 13.8 Å². The average molecular weight is 281 g/mol. The van der Waals surface area contributed by atoms with E-state index >= 15 is 0 Å². The van der Waals surface area contributed by atoms with E-state index in [4.69, 9.17) is 4.42 Å². The third kappa shape index (κ3) is 2.82. The Labute approximate surface area is 108 Å². The first-order valence-electron chi connectivity index (χ1n) is 5.30. The molecular weight excluding hydrogens is 264 g/mol. The van der Waals surface area contributed by atoms with Gasteiger partial charge in [0.2, 0.25) is 10.0 Å². The molecule has 0 spiro atoms. The third-order valence-electron chi connectivity index (χ3n) is 2.69. The van der Waals surface area contributed by atoms with Gasteiger partial charge in [-0.2, -0.15) is 4.31 Å². The quantitative estimate of drug-likeness (QED) is 0.875. The predicted octanol–water partition coefficient (Wildman–Crippen LogP) is 0.912. The van der Waals surface area contributed by atoms with Gasteiger partial charge in [0, 0.05) is 26.2 Å². The summed E-state index contributed by atoms with van der Waals surface area (Å²) in [6.07, 6.45) is 0. The van der Waals surface area contributed by atoms with Crippen LogP contribution < -0.4 is 5.32 Å². The van der Waals surface area contributed by atoms with E-state index in [1.807, 2.05) is 0 Å². The Morgan fingerprint density at radius 3 is 2.35 bits per heavy atom. The van der Waals surface area contributed by atoms with E-state index in [9.17, 15) is 8.42 Å². The molecule has 1 N–H and O–H groups in total. The van der Waals surface area contributed by atoms with Gasteiger partial charge in [-0.05, 0) is 19.9 Å². The van der Waals surface area contributed by atoms with E-state index in [-0.39, 0.29) is 12.4 Å². The maximum Gasteiger partial charge on any atom is 0.246 e. The number of halogens is 1. The van der Waals surface area contributed by atoms with Crippen LogP contribution in [0.1, 0.15) is 11.5 Å². The standard InChI is InChI=1S/C10H16N2O3S.ClH/c1-8-7-10(9(2)15-8)16(13,14)12-5-3-11-4-6-12;/h7,11H,3-6H2,1-2H3;1H. The molecule has 0 unspecified atom stereocenters. The molecule has 0 atom stereocenters. The van der Waals surface area contributed by atoms with Crippen LogP contribution >= 0.6 is 12.4 Å². The highest BCUT2D eigenvalue weighted by molar-refractivity contribution is 7.89. The van der Waals surface area contributed by atoms with E-state index in [2.05, 4.69) is 5.32 Å². The summed E-state index contributed by atoms with van der Waals surface area (Å²) in [5.41, 5.74) is 0. The number of nitrogens with zero attached hydrogens (tertiary/aromatic N) is 1. The highest BCUT2D eigenvalue weighted by Gasteiger charge is 2.29. The number of hydrogen-bond acceptors (Lipinski definition) is 4. The summed E-state index contributed by atoms with van der Waals surface area (Å²) >= 11 is 0. The molecule has 1 saturated heterocycles. The Morgan fingerprint density at radius 1 is 1.29 bits per heavy atom. The van der Waals surface area contributed by atoms with Gasteiger partial charge in [-0.25, -0.2) is 8.42 Å². The first-order valence-corrected chi connectivity index (χ1v) is 6.74. The Balaban J connectivity index is 0.00000144. The fourth-order valence-electron chi connectivity index (χ4n) is 1.89. The minimum atomic E-state index is -3.37. The van der Waals surface area contributed by atoms with Crippen LogP contribution in [0.15, 0.2) is 15.4 Å². The van der Waals surface area contributed by atoms with Crippen molar-refractivity contribution in [2.75, 3.05) is 26.2 Å². The monoisotopic (exact) mass is 280 g/mol. The van der Waals surface area contributed by atoms with Gasteiger partial charge in [0.1, 0.15) is 16.4 Å². The van der Waals surface area contributed by atoms with Crippen molar-refractivity contribution < 1.29 is 12.8 Å². The van der Waals surface area contributed by atoms with Crippen LogP contribution in [0.5, 0.6) is 0 Å². The minimum Gasteiger partial charge on any atom is -0.465 e. The lowest BCUT2D eigenvalue weighted by Gasteiger charge is -2.26. The first-order chi connectivity index (χ1) is 7.51. The molecule has 0 radical (unpaired) electrons. The molecular formula is C10H17ClN2O3S. The van der Waals surface area contributed by atoms with Gasteiger partial charge in [-0.3, -0.25) is 0 Å². The van der Waals surface area contributed by atoms with Crippen molar-refractivity contribution >= 4 is 22.4 Å². The first kappa shape index (κ1) is 14.5. The molecule has 0 bridgehead atoms. The van der Waals surface area contributed by atoms with Gasteiger partial charge in [-0.15, -0.1) is 12.4 Å². The zero-order valence-corrected chi connectivity index (χ0v) is 11.5. The number of rotatable bonds is 2. The molecule has 0 saturated carbocycles. The van der Waals surface area contributed by atoms with Gasteiger partial charge in [0.05, 0.1) is 0 Å². The molecule has 1 aromatic heterocycles. The highest BCUT2D eigenvalue weighted by Crippen LogP contribution is 2.23. The van der Waals surface area contributed by atoms with E-state index in [1.54, 1.807) is 19.9 Å². The smallest absolute Gasteiger partial charge is 0.246 e. The summed E-state index contributed by atoms with van der Waals surface area (Å²) in [6, 6.07) is 1.59. The number of hydrogen-bond donors (Lipinski definition) is 1. The SMILES string of the molecule is Cc1cc(S(=O)(=O)N2CCNCC2)c(C)o1.Cl. The van der Waals surface area contributed by atoms with Gasteiger partial charge in [0.25, 0.3) is 0 Å². The lowest BCUT2D eigenvalue weighted by atomic mass is 10.4. The Kier molecular flexibility index (Phi) is 4.60.